The normalized spacial score (nSPS) is 10.2. The van der Waals surface area contributed by atoms with Gasteiger partial charge in [0.15, 0.2) is 0 Å². The summed E-state index contributed by atoms with van der Waals surface area (Å²) in [5.74, 6) is -0.395. The van der Waals surface area contributed by atoms with E-state index >= 15 is 0 Å². The average molecular weight is 417 g/mol. The van der Waals surface area contributed by atoms with E-state index in [2.05, 4.69) is 27.9 Å². The van der Waals surface area contributed by atoms with Gasteiger partial charge in [-0.3, -0.25) is 14.9 Å². The fourth-order valence-corrected chi connectivity index (χ4v) is 2.54. The standard InChI is InChI=1S/C14H10ClIN2O3/c1-8-3-2-4-10(13(8)16)14(19)17-11-6-5-9(15)7-12(11)18(20)21/h2-7H,1H3,(H,17,19). The van der Waals surface area contributed by atoms with Crippen LogP contribution in [0.1, 0.15) is 15.9 Å². The molecule has 0 atom stereocenters. The Labute approximate surface area is 139 Å². The molecule has 0 aliphatic carbocycles. The minimum Gasteiger partial charge on any atom is -0.316 e. The number of rotatable bonds is 3. The summed E-state index contributed by atoms with van der Waals surface area (Å²) in [5, 5.41) is 13.8. The predicted molar refractivity (Wildman–Crippen MR) is 90.0 cm³/mol. The molecule has 0 aliphatic heterocycles. The molecule has 7 heteroatoms. The van der Waals surface area contributed by atoms with Gasteiger partial charge in [-0.15, -0.1) is 0 Å². The summed E-state index contributed by atoms with van der Waals surface area (Å²) in [6.07, 6.45) is 0. The number of hydrogen-bond donors (Lipinski definition) is 1. The first-order valence-electron chi connectivity index (χ1n) is 5.90. The maximum absolute atomic E-state index is 12.3. The SMILES string of the molecule is Cc1cccc(C(=O)Nc2ccc(Cl)cc2[N+](=O)[O-])c1I. The van der Waals surface area contributed by atoms with Gasteiger partial charge in [-0.25, -0.2) is 0 Å². The van der Waals surface area contributed by atoms with Gasteiger partial charge in [0.05, 0.1) is 10.5 Å². The van der Waals surface area contributed by atoms with Gasteiger partial charge in [0.25, 0.3) is 11.6 Å². The molecular formula is C14H10ClIN2O3. The molecule has 0 heterocycles. The maximum Gasteiger partial charge on any atom is 0.294 e. The van der Waals surface area contributed by atoms with Crippen molar-refractivity contribution in [1.29, 1.82) is 0 Å². The summed E-state index contributed by atoms with van der Waals surface area (Å²) in [7, 11) is 0. The average Bonchev–Trinajstić information content (AvgIpc) is 2.43. The number of benzene rings is 2. The van der Waals surface area contributed by atoms with Crippen LogP contribution in [0.15, 0.2) is 36.4 Å². The molecule has 0 saturated carbocycles. The first kappa shape index (κ1) is 15.7. The van der Waals surface area contributed by atoms with Crippen molar-refractivity contribution in [3.05, 3.63) is 66.2 Å². The zero-order valence-electron chi connectivity index (χ0n) is 10.9. The van der Waals surface area contributed by atoms with E-state index in [0.29, 0.717) is 5.56 Å². The van der Waals surface area contributed by atoms with E-state index < -0.39 is 10.8 Å². The Hall–Kier alpha value is -1.67. The van der Waals surface area contributed by atoms with Crippen molar-refractivity contribution in [2.75, 3.05) is 5.32 Å². The highest BCUT2D eigenvalue weighted by molar-refractivity contribution is 14.1. The van der Waals surface area contributed by atoms with Gasteiger partial charge >= 0.3 is 0 Å². The Kier molecular flexibility index (Phi) is 4.79. The molecule has 1 N–H and O–H groups in total. The van der Waals surface area contributed by atoms with E-state index in [0.717, 1.165) is 9.13 Å². The van der Waals surface area contributed by atoms with E-state index in [1.54, 1.807) is 12.1 Å². The number of amides is 1. The third-order valence-corrected chi connectivity index (χ3v) is 4.51. The quantitative estimate of drug-likeness (QED) is 0.457. The first-order valence-corrected chi connectivity index (χ1v) is 7.36. The molecule has 21 heavy (non-hydrogen) atoms. The molecule has 2 aromatic rings. The molecule has 2 rings (SSSR count). The van der Waals surface area contributed by atoms with Gasteiger partial charge in [0, 0.05) is 14.7 Å². The molecule has 2 aromatic carbocycles. The van der Waals surface area contributed by atoms with Crippen LogP contribution in [0.5, 0.6) is 0 Å². The number of nitro groups is 1. The molecule has 5 nitrogen and oxygen atoms in total. The number of halogens is 2. The van der Waals surface area contributed by atoms with Crippen molar-refractivity contribution in [2.45, 2.75) is 6.92 Å². The number of nitro benzene ring substituents is 1. The van der Waals surface area contributed by atoms with Gasteiger partial charge in [-0.1, -0.05) is 23.7 Å². The van der Waals surface area contributed by atoms with Crippen molar-refractivity contribution in [3.8, 4) is 0 Å². The van der Waals surface area contributed by atoms with E-state index in [-0.39, 0.29) is 16.4 Å². The molecule has 0 bridgehead atoms. The Morgan fingerprint density at radius 3 is 2.71 bits per heavy atom. The lowest BCUT2D eigenvalue weighted by molar-refractivity contribution is -0.383. The summed E-state index contributed by atoms with van der Waals surface area (Å²) in [6.45, 7) is 1.89. The van der Waals surface area contributed by atoms with E-state index in [9.17, 15) is 14.9 Å². The van der Waals surface area contributed by atoms with Crippen LogP contribution in [0.4, 0.5) is 11.4 Å². The van der Waals surface area contributed by atoms with Crippen LogP contribution >= 0.6 is 34.2 Å². The number of aryl methyl sites for hydroxylation is 1. The number of anilines is 1. The van der Waals surface area contributed by atoms with Crippen LogP contribution < -0.4 is 5.32 Å². The van der Waals surface area contributed by atoms with Crippen LogP contribution in [-0.4, -0.2) is 10.8 Å². The third kappa shape index (κ3) is 3.51. The van der Waals surface area contributed by atoms with Crippen molar-refractivity contribution >= 4 is 51.5 Å². The summed E-state index contributed by atoms with van der Waals surface area (Å²) >= 11 is 7.82. The zero-order valence-corrected chi connectivity index (χ0v) is 13.8. The van der Waals surface area contributed by atoms with Gasteiger partial charge in [0.2, 0.25) is 0 Å². The molecule has 0 aliphatic rings. The summed E-state index contributed by atoms with van der Waals surface area (Å²) in [6, 6.07) is 9.45. The Morgan fingerprint density at radius 1 is 1.33 bits per heavy atom. The fourth-order valence-electron chi connectivity index (χ4n) is 1.77. The highest BCUT2D eigenvalue weighted by Crippen LogP contribution is 2.28. The Bertz CT molecular complexity index is 734. The van der Waals surface area contributed by atoms with E-state index in [1.807, 2.05) is 13.0 Å². The summed E-state index contributed by atoms with van der Waals surface area (Å²) < 4.78 is 0.809. The second kappa shape index (κ2) is 6.40. The second-order valence-electron chi connectivity index (χ2n) is 4.31. The molecule has 1 amide bonds. The topological polar surface area (TPSA) is 72.2 Å². The van der Waals surface area contributed by atoms with Crippen LogP contribution in [0.25, 0.3) is 0 Å². The molecule has 0 spiro atoms. The van der Waals surface area contributed by atoms with Crippen molar-refractivity contribution in [1.82, 2.24) is 0 Å². The Balaban J connectivity index is 2.36. The van der Waals surface area contributed by atoms with Crippen LogP contribution in [0, 0.1) is 20.6 Å². The van der Waals surface area contributed by atoms with Crippen molar-refractivity contribution < 1.29 is 9.72 Å². The number of nitrogens with zero attached hydrogens (tertiary/aromatic N) is 1. The van der Waals surface area contributed by atoms with Crippen molar-refractivity contribution in [2.24, 2.45) is 0 Å². The first-order chi connectivity index (χ1) is 9.90. The predicted octanol–water partition coefficient (Wildman–Crippen LogP) is 4.41. The monoisotopic (exact) mass is 416 g/mol. The molecule has 108 valence electrons. The van der Waals surface area contributed by atoms with Gasteiger partial charge in [-0.2, -0.15) is 0 Å². The van der Waals surface area contributed by atoms with Gasteiger partial charge in [0.1, 0.15) is 5.69 Å². The molecule has 0 unspecified atom stereocenters. The minimum absolute atomic E-state index is 0.117. The lowest BCUT2D eigenvalue weighted by Gasteiger charge is -2.09. The number of carbonyl (C=O) groups excluding carboxylic acids is 1. The van der Waals surface area contributed by atoms with Crippen LogP contribution in [0.3, 0.4) is 0 Å². The fraction of sp³-hybridized carbons (Fsp3) is 0.0714. The molecule has 0 saturated heterocycles. The highest BCUT2D eigenvalue weighted by atomic mass is 127. The summed E-state index contributed by atoms with van der Waals surface area (Å²) in [5.41, 5.74) is 1.32. The number of carbonyl (C=O) groups is 1. The summed E-state index contributed by atoms with van der Waals surface area (Å²) in [4.78, 5) is 22.7. The Morgan fingerprint density at radius 2 is 2.05 bits per heavy atom. The van der Waals surface area contributed by atoms with Crippen LogP contribution in [-0.2, 0) is 0 Å². The van der Waals surface area contributed by atoms with Gasteiger partial charge < -0.3 is 5.32 Å². The molecule has 0 radical (unpaired) electrons. The lowest BCUT2D eigenvalue weighted by atomic mass is 10.1. The third-order valence-electron chi connectivity index (χ3n) is 2.84. The number of hydrogen-bond acceptors (Lipinski definition) is 3. The highest BCUT2D eigenvalue weighted by Gasteiger charge is 2.18. The molecular weight excluding hydrogens is 407 g/mol. The smallest absolute Gasteiger partial charge is 0.294 e. The minimum atomic E-state index is -0.581. The lowest BCUT2D eigenvalue weighted by Crippen LogP contribution is -2.15. The van der Waals surface area contributed by atoms with E-state index in [1.165, 1.54) is 18.2 Å². The van der Waals surface area contributed by atoms with Crippen LogP contribution in [0.2, 0.25) is 5.02 Å². The number of nitrogens with one attached hydrogen (secondary N) is 1. The van der Waals surface area contributed by atoms with E-state index in [4.69, 9.17) is 11.6 Å². The molecule has 0 aromatic heterocycles. The van der Waals surface area contributed by atoms with Gasteiger partial charge in [-0.05, 0) is 53.3 Å². The zero-order chi connectivity index (χ0) is 15.6. The second-order valence-corrected chi connectivity index (χ2v) is 5.82. The largest absolute Gasteiger partial charge is 0.316 e. The van der Waals surface area contributed by atoms with Crippen molar-refractivity contribution in [3.63, 3.8) is 0 Å². The maximum atomic E-state index is 12.3. The molecule has 0 fully saturated rings.